The number of benzene rings is 1. The number of amides is 1. The second-order valence-electron chi connectivity index (χ2n) is 8.07. The Morgan fingerprint density at radius 2 is 1.65 bits per heavy atom. The number of likely N-dealkylation sites (tertiary alicyclic amines) is 1. The Balaban J connectivity index is 1.47. The average Bonchev–Trinajstić information content (AvgIpc) is 2.67. The largest absolute Gasteiger partial charge is 0.496 e. The number of nitrogens with zero attached hydrogens (tertiary/aromatic N) is 1. The molecule has 0 saturated carbocycles. The van der Waals surface area contributed by atoms with E-state index in [0.717, 1.165) is 48.2 Å². The first kappa shape index (κ1) is 19.2. The highest BCUT2D eigenvalue weighted by atomic mass is 16.5. The molecule has 0 aliphatic carbocycles. The third-order valence-corrected chi connectivity index (χ3v) is 6.29. The van der Waals surface area contributed by atoms with Crippen molar-refractivity contribution in [3.63, 3.8) is 0 Å². The van der Waals surface area contributed by atoms with Crippen LogP contribution in [-0.4, -0.2) is 44.1 Å². The Morgan fingerprint density at radius 3 is 2.23 bits per heavy atom. The zero-order chi connectivity index (χ0) is 18.5. The second-order valence-corrected chi connectivity index (χ2v) is 8.07. The molecule has 0 radical (unpaired) electrons. The normalized spacial score (nSPS) is 19.6. The van der Waals surface area contributed by atoms with Crippen molar-refractivity contribution in [1.29, 1.82) is 0 Å². The number of methoxy groups -OCH3 is 1. The minimum Gasteiger partial charge on any atom is -0.496 e. The summed E-state index contributed by atoms with van der Waals surface area (Å²) in [5.41, 5.74) is 3.54. The van der Waals surface area contributed by atoms with Crippen molar-refractivity contribution in [1.82, 2.24) is 10.2 Å². The maximum atomic E-state index is 12.6. The van der Waals surface area contributed by atoms with Crippen LogP contribution in [0.3, 0.4) is 0 Å². The smallest absolute Gasteiger partial charge is 0.222 e. The first-order chi connectivity index (χ1) is 12.6. The number of carbonyl (C=O) groups excluding carboxylic acids is 1. The Labute approximate surface area is 158 Å². The molecule has 0 bridgehead atoms. The molecule has 0 aromatic heterocycles. The summed E-state index contributed by atoms with van der Waals surface area (Å²) in [4.78, 5) is 14.7. The Kier molecular flexibility index (Phi) is 6.58. The first-order valence-corrected chi connectivity index (χ1v) is 10.2. The van der Waals surface area contributed by atoms with Gasteiger partial charge in [0, 0.05) is 19.5 Å². The molecule has 26 heavy (non-hydrogen) atoms. The number of piperidine rings is 2. The van der Waals surface area contributed by atoms with Gasteiger partial charge >= 0.3 is 0 Å². The molecule has 4 heteroatoms. The molecule has 4 nitrogen and oxygen atoms in total. The van der Waals surface area contributed by atoms with Crippen LogP contribution in [0.25, 0.3) is 0 Å². The quantitative estimate of drug-likeness (QED) is 0.876. The average molecular weight is 359 g/mol. The van der Waals surface area contributed by atoms with Crippen LogP contribution in [0.15, 0.2) is 12.1 Å². The number of rotatable bonds is 5. The Morgan fingerprint density at radius 1 is 1.08 bits per heavy atom. The lowest BCUT2D eigenvalue weighted by molar-refractivity contribution is -0.132. The molecule has 1 aromatic rings. The molecule has 1 aromatic carbocycles. The van der Waals surface area contributed by atoms with Gasteiger partial charge in [-0.15, -0.1) is 0 Å². The standard InChI is InChI=1S/C22H34N2O2/c1-16-14-18(15-17(2)22(16)26-3)4-5-21(25)24-12-8-20(9-13-24)19-6-10-23-11-7-19/h14-15,19-20,23H,4-13H2,1-3H3. The van der Waals surface area contributed by atoms with Gasteiger partial charge in [-0.1, -0.05) is 12.1 Å². The van der Waals surface area contributed by atoms with E-state index in [0.29, 0.717) is 12.3 Å². The molecule has 1 N–H and O–H groups in total. The van der Waals surface area contributed by atoms with E-state index in [9.17, 15) is 4.79 Å². The van der Waals surface area contributed by atoms with Crippen LogP contribution >= 0.6 is 0 Å². The lowest BCUT2D eigenvalue weighted by Gasteiger charge is -2.37. The maximum absolute atomic E-state index is 12.6. The van der Waals surface area contributed by atoms with Crippen molar-refractivity contribution in [2.24, 2.45) is 11.8 Å². The minimum absolute atomic E-state index is 0.319. The van der Waals surface area contributed by atoms with Crippen molar-refractivity contribution in [3.8, 4) is 5.75 Å². The highest BCUT2D eigenvalue weighted by Crippen LogP contribution is 2.31. The molecule has 0 unspecified atom stereocenters. The first-order valence-electron chi connectivity index (χ1n) is 10.2. The fourth-order valence-corrected chi connectivity index (χ4v) is 4.85. The monoisotopic (exact) mass is 358 g/mol. The lowest BCUT2D eigenvalue weighted by Crippen LogP contribution is -2.42. The van der Waals surface area contributed by atoms with Crippen LogP contribution < -0.4 is 10.1 Å². The van der Waals surface area contributed by atoms with Gasteiger partial charge in [-0.3, -0.25) is 4.79 Å². The molecule has 1 amide bonds. The van der Waals surface area contributed by atoms with E-state index < -0.39 is 0 Å². The van der Waals surface area contributed by atoms with Crippen LogP contribution in [0.5, 0.6) is 5.75 Å². The highest BCUT2D eigenvalue weighted by molar-refractivity contribution is 5.76. The van der Waals surface area contributed by atoms with Crippen LogP contribution in [-0.2, 0) is 11.2 Å². The summed E-state index contributed by atoms with van der Waals surface area (Å²) >= 11 is 0. The van der Waals surface area contributed by atoms with E-state index in [4.69, 9.17) is 4.74 Å². The summed E-state index contributed by atoms with van der Waals surface area (Å²) < 4.78 is 5.43. The molecule has 3 rings (SSSR count). The van der Waals surface area contributed by atoms with Crippen LogP contribution in [0, 0.1) is 25.7 Å². The van der Waals surface area contributed by atoms with Gasteiger partial charge in [0.15, 0.2) is 0 Å². The fourth-order valence-electron chi connectivity index (χ4n) is 4.85. The topological polar surface area (TPSA) is 41.6 Å². The zero-order valence-corrected chi connectivity index (χ0v) is 16.6. The fraction of sp³-hybridized carbons (Fsp3) is 0.682. The number of hydrogen-bond acceptors (Lipinski definition) is 3. The minimum atomic E-state index is 0.319. The molecule has 2 aliphatic heterocycles. The highest BCUT2D eigenvalue weighted by Gasteiger charge is 2.29. The van der Waals surface area contributed by atoms with Gasteiger partial charge in [0.25, 0.3) is 0 Å². The summed E-state index contributed by atoms with van der Waals surface area (Å²) in [6.07, 6.45) is 6.44. The SMILES string of the molecule is COc1c(C)cc(CCC(=O)N2CCC(C3CCNCC3)CC2)cc1C. The summed E-state index contributed by atoms with van der Waals surface area (Å²) in [5.74, 6) is 2.98. The predicted molar refractivity (Wildman–Crippen MR) is 106 cm³/mol. The third kappa shape index (κ3) is 4.59. The summed E-state index contributed by atoms with van der Waals surface area (Å²) in [5, 5.41) is 3.46. The molecular formula is C22H34N2O2. The number of carbonyl (C=O) groups is 1. The van der Waals surface area contributed by atoms with Crippen LogP contribution in [0.4, 0.5) is 0 Å². The molecule has 2 saturated heterocycles. The van der Waals surface area contributed by atoms with E-state index in [2.05, 4.69) is 36.2 Å². The predicted octanol–water partition coefficient (Wildman–Crippen LogP) is 3.48. The summed E-state index contributed by atoms with van der Waals surface area (Å²) in [7, 11) is 1.71. The van der Waals surface area contributed by atoms with Gasteiger partial charge < -0.3 is 15.0 Å². The molecule has 2 heterocycles. The lowest BCUT2D eigenvalue weighted by atomic mass is 9.79. The molecule has 0 atom stereocenters. The summed E-state index contributed by atoms with van der Waals surface area (Å²) in [6.45, 7) is 8.39. The molecular weight excluding hydrogens is 324 g/mol. The van der Waals surface area contributed by atoms with E-state index in [1.165, 1.54) is 44.3 Å². The van der Waals surface area contributed by atoms with Crippen molar-refractivity contribution < 1.29 is 9.53 Å². The molecule has 2 aliphatic rings. The van der Waals surface area contributed by atoms with Gasteiger partial charge in [0.05, 0.1) is 7.11 Å². The van der Waals surface area contributed by atoms with Crippen molar-refractivity contribution in [2.75, 3.05) is 33.3 Å². The van der Waals surface area contributed by atoms with E-state index in [1.807, 2.05) is 0 Å². The van der Waals surface area contributed by atoms with Crippen LogP contribution in [0.1, 0.15) is 48.8 Å². The van der Waals surface area contributed by atoms with Gasteiger partial charge in [0.2, 0.25) is 5.91 Å². The van der Waals surface area contributed by atoms with Gasteiger partial charge in [-0.2, -0.15) is 0 Å². The maximum Gasteiger partial charge on any atom is 0.222 e. The van der Waals surface area contributed by atoms with Gasteiger partial charge in [-0.25, -0.2) is 0 Å². The van der Waals surface area contributed by atoms with Crippen LogP contribution in [0.2, 0.25) is 0 Å². The van der Waals surface area contributed by atoms with Gasteiger partial charge in [-0.05, 0) is 87.6 Å². The van der Waals surface area contributed by atoms with Crippen molar-refractivity contribution in [3.05, 3.63) is 28.8 Å². The number of hydrogen-bond donors (Lipinski definition) is 1. The van der Waals surface area contributed by atoms with Crippen molar-refractivity contribution in [2.45, 2.75) is 52.4 Å². The van der Waals surface area contributed by atoms with Crippen molar-refractivity contribution >= 4 is 5.91 Å². The van der Waals surface area contributed by atoms with E-state index >= 15 is 0 Å². The zero-order valence-electron chi connectivity index (χ0n) is 16.6. The summed E-state index contributed by atoms with van der Waals surface area (Å²) in [6, 6.07) is 4.31. The molecule has 0 spiro atoms. The number of aryl methyl sites for hydroxylation is 3. The molecule has 144 valence electrons. The van der Waals surface area contributed by atoms with E-state index in [1.54, 1.807) is 7.11 Å². The second kappa shape index (κ2) is 8.90. The Hall–Kier alpha value is -1.55. The number of nitrogens with one attached hydrogen (secondary N) is 1. The molecule has 2 fully saturated rings. The third-order valence-electron chi connectivity index (χ3n) is 6.29. The number of ether oxygens (including phenoxy) is 1. The van der Waals surface area contributed by atoms with E-state index in [-0.39, 0.29) is 0 Å². The van der Waals surface area contributed by atoms with Gasteiger partial charge in [0.1, 0.15) is 5.75 Å². The Bertz CT molecular complexity index is 592.